The Morgan fingerprint density at radius 2 is 1.69 bits per heavy atom. The van der Waals surface area contributed by atoms with E-state index in [1.807, 2.05) is 18.2 Å². The average molecular weight is 475 g/mol. The van der Waals surface area contributed by atoms with Crippen LogP contribution in [0.1, 0.15) is 54.1 Å². The zero-order valence-corrected chi connectivity index (χ0v) is 20.1. The Balaban J connectivity index is 1.48. The molecule has 7 heteroatoms. The molecule has 3 aromatic carbocycles. The van der Waals surface area contributed by atoms with Gasteiger partial charge in [0.05, 0.1) is 11.4 Å². The Morgan fingerprint density at radius 3 is 2.37 bits per heavy atom. The molecule has 1 aliphatic rings. The minimum Gasteiger partial charge on any atom is -0.370 e. The fraction of sp³-hybridized carbons (Fsp3) is 0.286. The van der Waals surface area contributed by atoms with E-state index in [9.17, 15) is 14.0 Å². The van der Waals surface area contributed by atoms with Crippen LogP contribution in [-0.2, 0) is 6.54 Å². The summed E-state index contributed by atoms with van der Waals surface area (Å²) in [5.41, 5.74) is 4.47. The standard InChI is InChI=1S/C28H31FN4O2/c1-19(2)21-10-8-20(9-11-21)18-30-27(34)22-12-13-26(33-14-3-4-15-33)25(16-22)32-28(35)31-24-7-5-6-23(29)17-24/h5-13,16-17,19H,3-4,14-15,18H2,1-2H3,(H,30,34)(H2,31,32,35). The monoisotopic (exact) mass is 474 g/mol. The SMILES string of the molecule is CC(C)c1ccc(CNC(=O)c2ccc(N3CCCC3)c(NC(=O)Nc3cccc(F)c3)c2)cc1. The minimum atomic E-state index is -0.501. The van der Waals surface area contributed by atoms with E-state index in [0.29, 0.717) is 29.4 Å². The van der Waals surface area contributed by atoms with Crippen molar-refractivity contribution in [3.05, 3.63) is 89.2 Å². The van der Waals surface area contributed by atoms with Crippen molar-refractivity contribution in [2.75, 3.05) is 28.6 Å². The molecule has 0 radical (unpaired) electrons. The highest BCUT2D eigenvalue weighted by molar-refractivity contribution is 6.04. The smallest absolute Gasteiger partial charge is 0.323 e. The normalized spacial score (nSPS) is 13.1. The Hall–Kier alpha value is -3.87. The fourth-order valence-electron chi connectivity index (χ4n) is 4.17. The van der Waals surface area contributed by atoms with Gasteiger partial charge in [-0.05, 0) is 66.3 Å². The quantitative estimate of drug-likeness (QED) is 0.386. The van der Waals surface area contributed by atoms with Crippen LogP contribution in [0.15, 0.2) is 66.7 Å². The Labute approximate surface area is 205 Å². The summed E-state index contributed by atoms with van der Waals surface area (Å²) in [6, 6.07) is 18.8. The van der Waals surface area contributed by atoms with Crippen LogP contribution in [0.4, 0.5) is 26.2 Å². The highest BCUT2D eigenvalue weighted by Crippen LogP contribution is 2.30. The van der Waals surface area contributed by atoms with Crippen molar-refractivity contribution in [1.82, 2.24) is 5.32 Å². The topological polar surface area (TPSA) is 73.5 Å². The summed E-state index contributed by atoms with van der Waals surface area (Å²) in [4.78, 5) is 27.8. The number of halogens is 1. The molecule has 0 bridgehead atoms. The summed E-state index contributed by atoms with van der Waals surface area (Å²) in [6.07, 6.45) is 2.15. The molecule has 0 spiro atoms. The zero-order chi connectivity index (χ0) is 24.8. The number of hydrogen-bond donors (Lipinski definition) is 3. The lowest BCUT2D eigenvalue weighted by Gasteiger charge is -2.22. The van der Waals surface area contributed by atoms with Crippen LogP contribution < -0.4 is 20.9 Å². The van der Waals surface area contributed by atoms with Gasteiger partial charge in [-0.15, -0.1) is 0 Å². The number of rotatable bonds is 7. The van der Waals surface area contributed by atoms with Crippen LogP contribution in [0.25, 0.3) is 0 Å². The van der Waals surface area contributed by atoms with Crippen LogP contribution in [0, 0.1) is 5.82 Å². The maximum Gasteiger partial charge on any atom is 0.323 e. The maximum atomic E-state index is 13.5. The molecule has 0 atom stereocenters. The van der Waals surface area contributed by atoms with Crippen LogP contribution in [-0.4, -0.2) is 25.0 Å². The number of carbonyl (C=O) groups excluding carboxylic acids is 2. The molecule has 1 saturated heterocycles. The predicted molar refractivity (Wildman–Crippen MR) is 139 cm³/mol. The van der Waals surface area contributed by atoms with Crippen LogP contribution >= 0.6 is 0 Å². The largest absolute Gasteiger partial charge is 0.370 e. The van der Waals surface area contributed by atoms with Crippen molar-refractivity contribution in [2.45, 2.75) is 39.2 Å². The number of nitrogens with one attached hydrogen (secondary N) is 3. The highest BCUT2D eigenvalue weighted by atomic mass is 19.1. The van der Waals surface area contributed by atoms with Crippen molar-refractivity contribution < 1.29 is 14.0 Å². The van der Waals surface area contributed by atoms with E-state index >= 15 is 0 Å². The molecule has 182 valence electrons. The number of hydrogen-bond acceptors (Lipinski definition) is 3. The Bertz CT molecular complexity index is 1190. The Morgan fingerprint density at radius 1 is 0.943 bits per heavy atom. The molecule has 1 heterocycles. The number of benzene rings is 3. The van der Waals surface area contributed by atoms with E-state index in [2.05, 4.69) is 46.8 Å². The summed E-state index contributed by atoms with van der Waals surface area (Å²) in [5, 5.41) is 8.45. The van der Waals surface area contributed by atoms with E-state index < -0.39 is 11.8 Å². The van der Waals surface area contributed by atoms with Crippen LogP contribution in [0.5, 0.6) is 0 Å². The third-order valence-electron chi connectivity index (χ3n) is 6.14. The van der Waals surface area contributed by atoms with Crippen molar-refractivity contribution in [1.29, 1.82) is 0 Å². The summed E-state index contributed by atoms with van der Waals surface area (Å²) in [5.74, 6) is -0.200. The molecular weight excluding hydrogens is 443 g/mol. The molecular formula is C28H31FN4O2. The lowest BCUT2D eigenvalue weighted by atomic mass is 10.0. The number of nitrogens with zero attached hydrogens (tertiary/aromatic N) is 1. The molecule has 1 aliphatic heterocycles. The highest BCUT2D eigenvalue weighted by Gasteiger charge is 2.19. The first-order chi connectivity index (χ1) is 16.9. The van der Waals surface area contributed by atoms with Gasteiger partial charge in [-0.2, -0.15) is 0 Å². The molecule has 0 unspecified atom stereocenters. The second-order valence-corrected chi connectivity index (χ2v) is 9.09. The Kier molecular flexibility index (Phi) is 7.65. The number of carbonyl (C=O) groups is 2. The predicted octanol–water partition coefficient (Wildman–Crippen LogP) is 6.12. The maximum absolute atomic E-state index is 13.5. The van der Waals surface area contributed by atoms with E-state index in [1.165, 1.54) is 23.8 Å². The number of anilines is 3. The van der Waals surface area contributed by atoms with Crippen molar-refractivity contribution in [3.63, 3.8) is 0 Å². The van der Waals surface area contributed by atoms with E-state index in [4.69, 9.17) is 0 Å². The van der Waals surface area contributed by atoms with E-state index in [-0.39, 0.29) is 5.91 Å². The fourth-order valence-corrected chi connectivity index (χ4v) is 4.17. The lowest BCUT2D eigenvalue weighted by molar-refractivity contribution is 0.0951. The molecule has 6 nitrogen and oxygen atoms in total. The van der Waals surface area contributed by atoms with Gasteiger partial charge < -0.3 is 20.9 Å². The molecule has 0 aromatic heterocycles. The molecule has 1 fully saturated rings. The van der Waals surface area contributed by atoms with Gasteiger partial charge in [0.25, 0.3) is 5.91 Å². The van der Waals surface area contributed by atoms with Crippen LogP contribution in [0.3, 0.4) is 0 Å². The van der Waals surface area contributed by atoms with Gasteiger partial charge in [-0.3, -0.25) is 4.79 Å². The van der Waals surface area contributed by atoms with Crippen LogP contribution in [0.2, 0.25) is 0 Å². The number of urea groups is 1. The van der Waals surface area contributed by atoms with Gasteiger partial charge in [0, 0.05) is 30.9 Å². The van der Waals surface area contributed by atoms with E-state index in [0.717, 1.165) is 37.2 Å². The van der Waals surface area contributed by atoms with Crippen molar-refractivity contribution in [2.24, 2.45) is 0 Å². The lowest BCUT2D eigenvalue weighted by Crippen LogP contribution is -2.26. The molecule has 3 amide bonds. The van der Waals surface area contributed by atoms with Gasteiger partial charge in [0.1, 0.15) is 5.82 Å². The summed E-state index contributed by atoms with van der Waals surface area (Å²) in [7, 11) is 0. The summed E-state index contributed by atoms with van der Waals surface area (Å²) < 4.78 is 13.5. The van der Waals surface area contributed by atoms with Gasteiger partial charge in [0.15, 0.2) is 0 Å². The van der Waals surface area contributed by atoms with Gasteiger partial charge >= 0.3 is 6.03 Å². The second kappa shape index (κ2) is 11.0. The average Bonchev–Trinajstić information content (AvgIpc) is 3.37. The van der Waals surface area contributed by atoms with Gasteiger partial charge in [-0.1, -0.05) is 44.2 Å². The first kappa shape index (κ1) is 24.3. The molecule has 35 heavy (non-hydrogen) atoms. The zero-order valence-electron chi connectivity index (χ0n) is 20.1. The third kappa shape index (κ3) is 6.38. The number of amides is 3. The van der Waals surface area contributed by atoms with Gasteiger partial charge in [0.2, 0.25) is 0 Å². The van der Waals surface area contributed by atoms with Crippen molar-refractivity contribution >= 4 is 29.0 Å². The first-order valence-corrected chi connectivity index (χ1v) is 12.0. The third-order valence-corrected chi connectivity index (χ3v) is 6.14. The summed E-state index contributed by atoms with van der Waals surface area (Å²) in [6.45, 7) is 6.48. The second-order valence-electron chi connectivity index (χ2n) is 9.09. The molecule has 0 aliphatic carbocycles. The molecule has 3 N–H and O–H groups in total. The first-order valence-electron chi connectivity index (χ1n) is 12.0. The van der Waals surface area contributed by atoms with Gasteiger partial charge in [-0.25, -0.2) is 9.18 Å². The minimum absolute atomic E-state index is 0.223. The summed E-state index contributed by atoms with van der Waals surface area (Å²) >= 11 is 0. The van der Waals surface area contributed by atoms with Crippen molar-refractivity contribution in [3.8, 4) is 0 Å². The molecule has 4 rings (SSSR count). The molecule has 3 aromatic rings. The molecule has 0 saturated carbocycles. The van der Waals surface area contributed by atoms with E-state index in [1.54, 1.807) is 18.2 Å².